The molecule has 0 bridgehead atoms. The Bertz CT molecular complexity index is 773. The molecule has 5 heteroatoms. The van der Waals surface area contributed by atoms with E-state index in [9.17, 15) is 8.42 Å². The lowest BCUT2D eigenvalue weighted by molar-refractivity contribution is 0.601. The largest absolute Gasteiger partial charge is 0.279 e. The van der Waals surface area contributed by atoms with Gasteiger partial charge in [-0.05, 0) is 41.8 Å². The quantitative estimate of drug-likeness (QED) is 0.939. The first kappa shape index (κ1) is 15.1. The fourth-order valence-corrected chi connectivity index (χ4v) is 3.09. The van der Waals surface area contributed by atoms with E-state index in [-0.39, 0.29) is 10.8 Å². The second-order valence-corrected chi connectivity index (χ2v) is 6.67. The van der Waals surface area contributed by atoms with Crippen molar-refractivity contribution in [2.24, 2.45) is 0 Å². The summed E-state index contributed by atoms with van der Waals surface area (Å²) in [7, 11) is -3.65. The summed E-state index contributed by atoms with van der Waals surface area (Å²) in [4.78, 5) is 0.139. The number of anilines is 1. The van der Waals surface area contributed by atoms with E-state index >= 15 is 0 Å². The van der Waals surface area contributed by atoms with Gasteiger partial charge >= 0.3 is 0 Å². The topological polar surface area (TPSA) is 70.0 Å². The third kappa shape index (κ3) is 3.41. The number of benzene rings is 2. The Kier molecular flexibility index (Phi) is 4.29. The van der Waals surface area contributed by atoms with Crippen LogP contribution in [0.3, 0.4) is 0 Å². The van der Waals surface area contributed by atoms with Gasteiger partial charge in [0, 0.05) is 0 Å². The number of nitrogens with one attached hydrogen (secondary N) is 1. The van der Waals surface area contributed by atoms with Crippen molar-refractivity contribution in [3.63, 3.8) is 0 Å². The molecule has 2 aromatic rings. The average Bonchev–Trinajstić information content (AvgIpc) is 2.47. The van der Waals surface area contributed by atoms with E-state index in [4.69, 9.17) is 5.26 Å². The predicted molar refractivity (Wildman–Crippen MR) is 82.5 cm³/mol. The number of nitrogens with zero attached hydrogens (tertiary/aromatic N) is 1. The molecular formula is C16H16N2O2S. The van der Waals surface area contributed by atoms with E-state index in [1.165, 1.54) is 24.3 Å². The zero-order chi connectivity index (χ0) is 15.5. The molecule has 0 heterocycles. The Morgan fingerprint density at radius 2 is 1.67 bits per heavy atom. The summed E-state index contributed by atoms with van der Waals surface area (Å²) in [5, 5.41) is 8.75. The lowest BCUT2D eigenvalue weighted by Gasteiger charge is -2.14. The highest BCUT2D eigenvalue weighted by Gasteiger charge is 2.16. The van der Waals surface area contributed by atoms with Crippen LogP contribution in [0.25, 0.3) is 0 Å². The van der Waals surface area contributed by atoms with Crippen LogP contribution in [0, 0.1) is 11.3 Å². The van der Waals surface area contributed by atoms with E-state index in [1.807, 2.05) is 32.0 Å². The Hall–Kier alpha value is -2.32. The van der Waals surface area contributed by atoms with Gasteiger partial charge in [-0.3, -0.25) is 4.72 Å². The molecule has 0 spiro atoms. The molecule has 4 nitrogen and oxygen atoms in total. The number of hydrogen-bond donors (Lipinski definition) is 1. The molecule has 0 saturated heterocycles. The molecule has 21 heavy (non-hydrogen) atoms. The summed E-state index contributed by atoms with van der Waals surface area (Å²) < 4.78 is 27.4. The van der Waals surface area contributed by atoms with Crippen molar-refractivity contribution in [2.45, 2.75) is 24.7 Å². The van der Waals surface area contributed by atoms with Gasteiger partial charge in [-0.25, -0.2) is 8.42 Å². The molecule has 0 fully saturated rings. The highest BCUT2D eigenvalue weighted by Crippen LogP contribution is 2.26. The van der Waals surface area contributed by atoms with Gasteiger partial charge in [0.05, 0.1) is 22.2 Å². The summed E-state index contributed by atoms with van der Waals surface area (Å²) >= 11 is 0. The molecule has 0 amide bonds. The molecule has 1 N–H and O–H groups in total. The van der Waals surface area contributed by atoms with Gasteiger partial charge in [-0.15, -0.1) is 0 Å². The van der Waals surface area contributed by atoms with Crippen LogP contribution in [0.15, 0.2) is 53.4 Å². The Morgan fingerprint density at radius 3 is 2.24 bits per heavy atom. The van der Waals surface area contributed by atoms with Crippen LogP contribution < -0.4 is 4.72 Å². The van der Waals surface area contributed by atoms with Crippen molar-refractivity contribution < 1.29 is 8.42 Å². The van der Waals surface area contributed by atoms with Crippen LogP contribution >= 0.6 is 0 Å². The third-order valence-electron chi connectivity index (χ3n) is 3.12. The lowest BCUT2D eigenvalue weighted by Crippen LogP contribution is -2.14. The first-order chi connectivity index (χ1) is 9.94. The predicted octanol–water partition coefficient (Wildman–Crippen LogP) is 3.48. The first-order valence-electron chi connectivity index (χ1n) is 6.56. The summed E-state index contributed by atoms with van der Waals surface area (Å²) in [6.07, 6.45) is 0. The van der Waals surface area contributed by atoms with Gasteiger partial charge in [-0.1, -0.05) is 32.0 Å². The molecule has 0 aliphatic rings. The second-order valence-electron chi connectivity index (χ2n) is 4.98. The Morgan fingerprint density at radius 1 is 1.05 bits per heavy atom. The molecule has 0 aromatic heterocycles. The van der Waals surface area contributed by atoms with Crippen LogP contribution in [0.4, 0.5) is 5.69 Å². The van der Waals surface area contributed by atoms with E-state index in [2.05, 4.69) is 4.72 Å². The maximum absolute atomic E-state index is 12.4. The van der Waals surface area contributed by atoms with Crippen molar-refractivity contribution in [1.82, 2.24) is 0 Å². The first-order valence-corrected chi connectivity index (χ1v) is 8.04. The minimum Gasteiger partial charge on any atom is -0.279 e. The molecule has 0 atom stereocenters. The van der Waals surface area contributed by atoms with Gasteiger partial charge < -0.3 is 0 Å². The third-order valence-corrected chi connectivity index (χ3v) is 4.50. The normalized spacial score (nSPS) is 11.1. The summed E-state index contributed by atoms with van der Waals surface area (Å²) in [5.41, 5.74) is 1.95. The number of rotatable bonds is 4. The van der Waals surface area contributed by atoms with Crippen molar-refractivity contribution >= 4 is 15.7 Å². The zero-order valence-corrected chi connectivity index (χ0v) is 12.7. The van der Waals surface area contributed by atoms with Crippen LogP contribution in [-0.4, -0.2) is 8.42 Å². The van der Waals surface area contributed by atoms with Crippen molar-refractivity contribution in [1.29, 1.82) is 5.26 Å². The molecule has 0 unspecified atom stereocenters. The Labute approximate surface area is 125 Å². The van der Waals surface area contributed by atoms with Crippen LogP contribution in [0.1, 0.15) is 30.9 Å². The summed E-state index contributed by atoms with van der Waals surface area (Å²) in [6.45, 7) is 4.02. The molecule has 0 radical (unpaired) electrons. The molecule has 108 valence electrons. The standard InChI is InChI=1S/C16H16N2O2S/c1-12(2)15-5-3-4-6-16(15)18-21(19,20)14-9-7-13(11-17)8-10-14/h3-10,12,18H,1-2H3. The van der Waals surface area contributed by atoms with Crippen molar-refractivity contribution in [2.75, 3.05) is 4.72 Å². The fraction of sp³-hybridized carbons (Fsp3) is 0.188. The summed E-state index contributed by atoms with van der Waals surface area (Å²) in [6, 6.07) is 15.1. The number of nitriles is 1. The van der Waals surface area contributed by atoms with Crippen molar-refractivity contribution in [3.8, 4) is 6.07 Å². The maximum atomic E-state index is 12.4. The highest BCUT2D eigenvalue weighted by atomic mass is 32.2. The smallest absolute Gasteiger partial charge is 0.261 e. The van der Waals surface area contributed by atoms with Crippen LogP contribution in [0.2, 0.25) is 0 Å². The van der Waals surface area contributed by atoms with Gasteiger partial charge in [-0.2, -0.15) is 5.26 Å². The fourth-order valence-electron chi connectivity index (χ4n) is 2.01. The van der Waals surface area contributed by atoms with E-state index in [1.54, 1.807) is 12.1 Å². The molecular weight excluding hydrogens is 284 g/mol. The lowest BCUT2D eigenvalue weighted by atomic mass is 10.0. The van der Waals surface area contributed by atoms with E-state index in [0.29, 0.717) is 11.3 Å². The maximum Gasteiger partial charge on any atom is 0.261 e. The molecule has 0 aliphatic heterocycles. The second kappa shape index (κ2) is 5.98. The number of para-hydroxylation sites is 1. The highest BCUT2D eigenvalue weighted by molar-refractivity contribution is 7.92. The van der Waals surface area contributed by atoms with Crippen molar-refractivity contribution in [3.05, 3.63) is 59.7 Å². The Balaban J connectivity index is 2.35. The minimum atomic E-state index is -3.65. The molecule has 0 saturated carbocycles. The van der Waals surface area contributed by atoms with Gasteiger partial charge in [0.2, 0.25) is 0 Å². The van der Waals surface area contributed by atoms with Gasteiger partial charge in [0.1, 0.15) is 0 Å². The van der Waals surface area contributed by atoms with E-state index < -0.39 is 10.0 Å². The average molecular weight is 300 g/mol. The SMILES string of the molecule is CC(C)c1ccccc1NS(=O)(=O)c1ccc(C#N)cc1. The molecule has 2 aromatic carbocycles. The minimum absolute atomic E-state index is 0.139. The molecule has 2 rings (SSSR count). The summed E-state index contributed by atoms with van der Waals surface area (Å²) in [5.74, 6) is 0.213. The number of hydrogen-bond acceptors (Lipinski definition) is 3. The van der Waals surface area contributed by atoms with Crippen LogP contribution in [0.5, 0.6) is 0 Å². The zero-order valence-electron chi connectivity index (χ0n) is 11.9. The van der Waals surface area contributed by atoms with Gasteiger partial charge in [0.15, 0.2) is 0 Å². The number of sulfonamides is 1. The van der Waals surface area contributed by atoms with Crippen LogP contribution in [-0.2, 0) is 10.0 Å². The monoisotopic (exact) mass is 300 g/mol. The van der Waals surface area contributed by atoms with E-state index in [0.717, 1.165) is 5.56 Å². The molecule has 0 aliphatic carbocycles. The van der Waals surface area contributed by atoms with Gasteiger partial charge in [0.25, 0.3) is 10.0 Å².